The molecule has 462 valence electrons. The van der Waals surface area contributed by atoms with E-state index < -0.39 is 169 Å². The van der Waals surface area contributed by atoms with Crippen LogP contribution in [-0.2, 0) is 44.8 Å². The molecular formula is C64H48Cl6N4O16. The molecule has 90 heavy (non-hydrogen) atoms. The Balaban J connectivity index is 1.15. The Kier molecular flexibility index (Phi) is 18.5. The van der Waals surface area contributed by atoms with Crippen LogP contribution in [0.3, 0.4) is 0 Å². The van der Waals surface area contributed by atoms with Crippen LogP contribution < -0.4 is 20.7 Å². The predicted octanol–water partition coefficient (Wildman–Crippen LogP) is 11.3. The number of benzene rings is 7. The van der Waals surface area contributed by atoms with Crippen molar-refractivity contribution in [2.45, 2.75) is 73.9 Å². The monoisotopic (exact) mass is 1340 g/mol. The van der Waals surface area contributed by atoms with Crippen LogP contribution in [-0.4, -0.2) is 107 Å². The Labute approximate surface area is 540 Å². The molecule has 7 atom stereocenters. The van der Waals surface area contributed by atoms with Crippen molar-refractivity contribution in [3.8, 4) is 51.4 Å². The number of carboxylic acid groups (broad SMARTS) is 1. The highest BCUT2D eigenvalue weighted by molar-refractivity contribution is 6.45. The Morgan fingerprint density at radius 1 is 0.622 bits per heavy atom. The number of hydrogen-bond donors (Lipinski definition) is 9. The molecule has 0 spiro atoms. The number of fused-ring (bicyclic) bond motifs is 15. The van der Waals surface area contributed by atoms with Crippen molar-refractivity contribution < 1.29 is 78.5 Å². The zero-order valence-electron chi connectivity index (χ0n) is 46.5. The number of amides is 4. The van der Waals surface area contributed by atoms with Gasteiger partial charge in [-0.15, -0.1) is 0 Å². The molecule has 0 radical (unpaired) electrons. The third kappa shape index (κ3) is 13.1. The number of rotatable bonds is 10. The van der Waals surface area contributed by atoms with Gasteiger partial charge in [0.25, 0.3) is 5.91 Å². The molecule has 12 rings (SSSR count). The number of ether oxygens (including phenoxy) is 1. The number of phenolic OH excluding ortho intramolecular Hbond substituents is 5. The van der Waals surface area contributed by atoms with Gasteiger partial charge >= 0.3 is 5.97 Å². The molecule has 5 aliphatic heterocycles. The lowest BCUT2D eigenvalue weighted by Gasteiger charge is -2.32. The van der Waals surface area contributed by atoms with Crippen molar-refractivity contribution >= 4 is 128 Å². The number of Topliss-reactive ketones (excluding diaryl/α,β-unsaturated/α-hetero) is 4. The number of hydrogen-bond acceptors (Lipinski definition) is 15. The second kappa shape index (κ2) is 25.9. The second-order valence-electron chi connectivity index (χ2n) is 21.8. The summed E-state index contributed by atoms with van der Waals surface area (Å²) in [5, 5.41) is 70.0. The van der Waals surface area contributed by atoms with Crippen LogP contribution in [0.15, 0.2) is 115 Å². The van der Waals surface area contributed by atoms with Gasteiger partial charge in [-0.05, 0) is 131 Å². The molecule has 7 aromatic rings. The molecule has 0 saturated heterocycles. The average Bonchev–Trinajstić information content (AvgIpc) is 1.43. The largest absolute Gasteiger partial charge is 0.508 e. The maximum atomic E-state index is 15.9. The average molecular weight is 1340 g/mol. The van der Waals surface area contributed by atoms with E-state index in [4.69, 9.17) is 74.3 Å². The molecule has 7 aromatic carbocycles. The second-order valence-corrected chi connectivity index (χ2v) is 24.2. The summed E-state index contributed by atoms with van der Waals surface area (Å²) in [5.74, 6) is -18.6. The third-order valence-corrected chi connectivity index (χ3v) is 17.8. The van der Waals surface area contributed by atoms with Crippen molar-refractivity contribution in [3.63, 3.8) is 0 Å². The van der Waals surface area contributed by atoms with Gasteiger partial charge < -0.3 is 56.2 Å². The standard InChI is InChI=1S/C64H48Cl6N4O16/c1-74-49(51(77)25-39(64(88)89)27-4-7-33(75)8-5-27)12-26-2-9-34(10-3-26)90-53-21-31-13-36(56(53)80)28-6-11-35-40(61(85)71-47(35)20-28)22-48(72-62(86)55(79)32-18-45(69)59(83)46(70)19-32)50(76)23-37(29-14-41(65)57(81)42(66)15-29)60(84)73-54(31)52(78)24-38(63(74)87)30-16-43(67)58(82)44(68)17-30/h2-11,13-21,37-40,48-49,54,75,80-83H,12,22-25H2,1H3,(H,71,85)(H,72,86)(H,73,84)(H,88,89). The van der Waals surface area contributed by atoms with E-state index in [0.29, 0.717) is 5.56 Å². The molecule has 0 aromatic heterocycles. The van der Waals surface area contributed by atoms with Gasteiger partial charge in [0.05, 0.1) is 65.9 Å². The Morgan fingerprint density at radius 3 is 1.78 bits per heavy atom. The SMILES string of the molecule is CN1C(=O)C(c2cc(Cl)c(O)c(Cl)c2)CC(=O)C2NC(=O)C(c3cc(Cl)c(O)c(Cl)c3)CC(=O)C(NC(=O)C(=O)c3cc(Cl)c(O)c(Cl)c3)CC3C(=O)Nc4cc(ccc43)-c3cc2cc(c3O)Oc2ccc(cc2)CC1C(=O)CC(C(=O)O)c1ccc(O)cc1. The topological polar surface area (TPSA) is 324 Å². The van der Waals surface area contributed by atoms with E-state index in [2.05, 4.69) is 16.0 Å². The van der Waals surface area contributed by atoms with Crippen LogP contribution in [0, 0.1) is 0 Å². The zero-order chi connectivity index (χ0) is 64.9. The van der Waals surface area contributed by atoms with Gasteiger partial charge in [0, 0.05) is 43.1 Å². The highest BCUT2D eigenvalue weighted by Crippen LogP contribution is 2.47. The normalized spacial score (nSPS) is 19.7. The van der Waals surface area contributed by atoms with Crippen LogP contribution in [0.4, 0.5) is 5.69 Å². The van der Waals surface area contributed by atoms with E-state index in [1.165, 1.54) is 73.8 Å². The van der Waals surface area contributed by atoms with Gasteiger partial charge in [-0.3, -0.25) is 43.2 Å². The molecule has 0 aliphatic carbocycles. The van der Waals surface area contributed by atoms with Crippen molar-refractivity contribution in [2.24, 2.45) is 0 Å². The number of carbonyl (C=O) groups is 9. The molecule has 9 bridgehead atoms. The van der Waals surface area contributed by atoms with Gasteiger partial charge in [-0.25, -0.2) is 0 Å². The number of anilines is 1. The lowest BCUT2D eigenvalue weighted by molar-refractivity contribution is -0.143. The van der Waals surface area contributed by atoms with Crippen molar-refractivity contribution in [1.29, 1.82) is 0 Å². The fourth-order valence-electron chi connectivity index (χ4n) is 11.2. The highest BCUT2D eigenvalue weighted by Gasteiger charge is 2.42. The number of halogens is 6. The minimum absolute atomic E-state index is 0.0421. The van der Waals surface area contributed by atoms with E-state index in [-0.39, 0.29) is 78.3 Å². The van der Waals surface area contributed by atoms with E-state index in [1.807, 2.05) is 0 Å². The Bertz CT molecular complexity index is 4130. The smallest absolute Gasteiger partial charge is 0.311 e. The Morgan fingerprint density at radius 2 is 1.19 bits per heavy atom. The van der Waals surface area contributed by atoms with E-state index >= 15 is 19.2 Å². The molecule has 26 heteroatoms. The van der Waals surface area contributed by atoms with Crippen LogP contribution in [0.1, 0.15) is 99.1 Å². The van der Waals surface area contributed by atoms with Gasteiger partial charge in [0.1, 0.15) is 17.5 Å². The summed E-state index contributed by atoms with van der Waals surface area (Å²) in [4.78, 5) is 133. The first-order chi connectivity index (χ1) is 42.6. The van der Waals surface area contributed by atoms with Gasteiger partial charge in [0.15, 0.2) is 46.1 Å². The van der Waals surface area contributed by atoms with E-state index in [0.717, 1.165) is 41.3 Å². The van der Waals surface area contributed by atoms with Crippen LogP contribution in [0.25, 0.3) is 11.1 Å². The molecule has 9 N–H and O–H groups in total. The first-order valence-corrected chi connectivity index (χ1v) is 29.6. The summed E-state index contributed by atoms with van der Waals surface area (Å²) in [5.41, 5.74) is 0.397. The first kappa shape index (κ1) is 64.1. The molecule has 20 nitrogen and oxygen atoms in total. The number of phenols is 5. The van der Waals surface area contributed by atoms with E-state index in [1.54, 1.807) is 12.1 Å². The molecule has 4 amide bonds. The van der Waals surface area contributed by atoms with Gasteiger partial charge in [-0.2, -0.15) is 0 Å². The number of nitrogens with zero attached hydrogens (tertiary/aromatic N) is 1. The maximum Gasteiger partial charge on any atom is 0.311 e. The van der Waals surface area contributed by atoms with Crippen molar-refractivity contribution in [3.05, 3.63) is 184 Å². The number of carboxylic acids is 1. The van der Waals surface area contributed by atoms with Crippen LogP contribution in [0.2, 0.25) is 30.1 Å². The molecule has 7 unspecified atom stereocenters. The fraction of sp³-hybridized carbons (Fsp3) is 0.203. The third-order valence-electron chi connectivity index (χ3n) is 16.1. The minimum Gasteiger partial charge on any atom is -0.508 e. The fourth-order valence-corrected chi connectivity index (χ4v) is 12.7. The summed E-state index contributed by atoms with van der Waals surface area (Å²) in [6.45, 7) is 0. The van der Waals surface area contributed by atoms with Gasteiger partial charge in [0.2, 0.25) is 23.5 Å². The molecule has 5 heterocycles. The maximum absolute atomic E-state index is 15.9. The summed E-state index contributed by atoms with van der Waals surface area (Å²) in [6.07, 6.45) is -3.33. The first-order valence-electron chi connectivity index (χ1n) is 27.3. The number of ketones is 4. The predicted molar refractivity (Wildman–Crippen MR) is 331 cm³/mol. The number of aliphatic carboxylic acids is 1. The quantitative estimate of drug-likeness (QED) is 0.0454. The zero-order valence-corrected chi connectivity index (χ0v) is 51.1. The van der Waals surface area contributed by atoms with Gasteiger partial charge in [-0.1, -0.05) is 106 Å². The number of aromatic hydroxyl groups is 5. The lowest BCUT2D eigenvalue weighted by atomic mass is 9.84. The number of nitrogens with one attached hydrogen (secondary N) is 3. The van der Waals surface area contributed by atoms with Crippen molar-refractivity contribution in [2.75, 3.05) is 12.4 Å². The van der Waals surface area contributed by atoms with E-state index in [9.17, 15) is 54.6 Å². The molecule has 0 fully saturated rings. The summed E-state index contributed by atoms with van der Waals surface area (Å²) in [6, 6.07) is 19.5. The Hall–Kier alpha value is -8.89. The molecule has 5 aliphatic rings. The van der Waals surface area contributed by atoms with Crippen molar-refractivity contribution in [1.82, 2.24) is 15.5 Å². The number of likely N-dealkylation sites (N-methyl/N-ethyl adjacent to an activating group) is 1. The lowest BCUT2D eigenvalue weighted by Crippen LogP contribution is -2.47. The van der Waals surface area contributed by atoms with Crippen LogP contribution in [0.5, 0.6) is 40.2 Å². The summed E-state index contributed by atoms with van der Waals surface area (Å²) in [7, 11) is 1.26. The molecule has 0 saturated carbocycles. The minimum atomic E-state index is -1.96. The van der Waals surface area contributed by atoms with Crippen LogP contribution >= 0.6 is 69.6 Å². The highest BCUT2D eigenvalue weighted by atomic mass is 35.5. The molecular weight excluding hydrogens is 1290 g/mol. The number of carbonyl (C=O) groups excluding carboxylic acids is 8. The summed E-state index contributed by atoms with van der Waals surface area (Å²) >= 11 is 38.2. The summed E-state index contributed by atoms with van der Waals surface area (Å²) < 4.78 is 6.39.